The van der Waals surface area contributed by atoms with E-state index in [4.69, 9.17) is 37.6 Å². The van der Waals surface area contributed by atoms with Crippen LogP contribution in [0.15, 0.2) is 23.0 Å². The maximum Gasteiger partial charge on any atom is 0.306 e. The van der Waals surface area contributed by atoms with E-state index < -0.39 is 130 Å². The highest BCUT2D eigenvalue weighted by molar-refractivity contribution is 5.74. The summed E-state index contributed by atoms with van der Waals surface area (Å²) < 4.78 is 48.3. The Labute approximate surface area is 279 Å². The topological polar surface area (TPSA) is 227 Å². The van der Waals surface area contributed by atoms with Gasteiger partial charge >= 0.3 is 23.9 Å². The quantitative estimate of drug-likeness (QED) is 0.223. The smallest absolute Gasteiger partial charge is 0.306 e. The molecular formula is C33H40O16. The molecule has 4 N–H and O–H groups in total. The first-order valence-electron chi connectivity index (χ1n) is 16.3. The van der Waals surface area contributed by atoms with Crippen LogP contribution in [0.5, 0.6) is 0 Å². The first kappa shape index (κ1) is 33.0. The van der Waals surface area contributed by atoms with Gasteiger partial charge < -0.3 is 58.0 Å². The van der Waals surface area contributed by atoms with Crippen molar-refractivity contribution >= 4 is 23.9 Å². The molecule has 15 unspecified atom stereocenters. The summed E-state index contributed by atoms with van der Waals surface area (Å²) in [7, 11) is 1.17. The number of furan rings is 1. The zero-order valence-electron chi connectivity index (χ0n) is 27.8. The van der Waals surface area contributed by atoms with E-state index >= 15 is 0 Å². The summed E-state index contributed by atoms with van der Waals surface area (Å²) in [4.78, 5) is 52.6. The summed E-state index contributed by atoms with van der Waals surface area (Å²) in [5, 5.41) is 51.3. The van der Waals surface area contributed by atoms with E-state index in [9.17, 15) is 39.6 Å². The lowest BCUT2D eigenvalue weighted by molar-refractivity contribution is -0.498. The van der Waals surface area contributed by atoms with Gasteiger partial charge in [0.2, 0.25) is 0 Å². The van der Waals surface area contributed by atoms with Crippen LogP contribution in [-0.2, 0) is 52.3 Å². The molecular weight excluding hydrogens is 652 g/mol. The average molecular weight is 693 g/mol. The van der Waals surface area contributed by atoms with Gasteiger partial charge in [-0.05, 0) is 18.4 Å². The molecule has 268 valence electrons. The van der Waals surface area contributed by atoms with E-state index in [1.54, 1.807) is 13.8 Å². The van der Waals surface area contributed by atoms with Crippen LogP contribution in [0, 0.1) is 28.1 Å². The number of ether oxygens (including phenoxy) is 7. The molecule has 4 bridgehead atoms. The van der Waals surface area contributed by atoms with Crippen molar-refractivity contribution in [1.29, 1.82) is 0 Å². The van der Waals surface area contributed by atoms with E-state index in [1.807, 2.05) is 0 Å². The minimum absolute atomic E-state index is 0.218. The molecule has 8 rings (SSSR count). The highest BCUT2D eigenvalue weighted by Crippen LogP contribution is 2.89. The molecule has 0 amide bonds. The fraction of sp³-hybridized carbons (Fsp3) is 0.758. The molecule has 2 spiro atoms. The van der Waals surface area contributed by atoms with Crippen molar-refractivity contribution in [2.24, 2.45) is 28.1 Å². The Morgan fingerprint density at radius 1 is 1.02 bits per heavy atom. The molecule has 1 aromatic heterocycles. The van der Waals surface area contributed by atoms with Crippen molar-refractivity contribution in [2.45, 2.75) is 113 Å². The Balaban J connectivity index is 1.51. The predicted octanol–water partition coefficient (Wildman–Crippen LogP) is -0.218. The van der Waals surface area contributed by atoms with Crippen LogP contribution >= 0.6 is 0 Å². The van der Waals surface area contributed by atoms with Crippen molar-refractivity contribution in [2.75, 3.05) is 13.7 Å². The van der Waals surface area contributed by atoms with E-state index in [0.717, 1.165) is 13.8 Å². The Kier molecular flexibility index (Phi) is 6.34. The lowest BCUT2D eigenvalue weighted by atomic mass is 9.32. The molecule has 1 aromatic rings. The SMILES string of the molecule is COC(=O)CC1C2(C)CC34OC5(C)OC6(C7CC(=O)OC(c8ccoc8)C7(C)C(OC(C)=O)C(O)C6(O5)C13COC(C)=O)C(O)C4(O)C2O. The second-order valence-corrected chi connectivity index (χ2v) is 15.4. The average Bonchev–Trinajstić information content (AvgIpc) is 3.73. The van der Waals surface area contributed by atoms with Gasteiger partial charge in [-0.15, -0.1) is 0 Å². The molecule has 4 aliphatic carbocycles. The molecule has 16 heteroatoms. The molecule has 0 radical (unpaired) electrons. The van der Waals surface area contributed by atoms with Crippen molar-refractivity contribution in [1.82, 2.24) is 0 Å². The number of cyclic esters (lactones) is 1. The van der Waals surface area contributed by atoms with Crippen LogP contribution in [0.1, 0.15) is 65.5 Å². The number of methoxy groups -OCH3 is 1. The third-order valence-electron chi connectivity index (χ3n) is 13.6. The molecule has 16 nitrogen and oxygen atoms in total. The largest absolute Gasteiger partial charge is 0.472 e. The minimum atomic E-state index is -2.62. The number of hydrogen-bond donors (Lipinski definition) is 4. The lowest BCUT2D eigenvalue weighted by Gasteiger charge is -2.78. The highest BCUT2D eigenvalue weighted by atomic mass is 16.9. The molecule has 3 saturated heterocycles. The van der Waals surface area contributed by atoms with Gasteiger partial charge in [0, 0.05) is 44.1 Å². The number of esters is 4. The second-order valence-electron chi connectivity index (χ2n) is 15.4. The first-order valence-corrected chi connectivity index (χ1v) is 16.3. The van der Waals surface area contributed by atoms with Crippen molar-refractivity contribution < 1.29 is 77.2 Å². The molecule has 0 aromatic carbocycles. The van der Waals surface area contributed by atoms with Gasteiger partial charge in [0.15, 0.2) is 0 Å². The van der Waals surface area contributed by atoms with Gasteiger partial charge in [-0.1, -0.05) is 13.8 Å². The second kappa shape index (κ2) is 9.40. The monoisotopic (exact) mass is 692 g/mol. The van der Waals surface area contributed by atoms with Crippen LogP contribution in [0.2, 0.25) is 0 Å². The summed E-state index contributed by atoms with van der Waals surface area (Å²) in [5.41, 5.74) is -14.3. The molecule has 4 saturated carbocycles. The first-order chi connectivity index (χ1) is 22.8. The maximum atomic E-state index is 13.7. The number of aliphatic hydroxyl groups is 4. The fourth-order valence-electron chi connectivity index (χ4n) is 12.4. The molecule has 3 aliphatic heterocycles. The number of aliphatic hydroxyl groups excluding tert-OH is 3. The van der Waals surface area contributed by atoms with Crippen LogP contribution in [0.3, 0.4) is 0 Å². The van der Waals surface area contributed by atoms with Crippen molar-refractivity contribution in [3.8, 4) is 0 Å². The number of carbonyl (C=O) groups is 4. The standard InChI is InChI=1S/C33H40O16/c1-14(34)44-13-29-17(9-19(36)42-6)26(3)12-30(29)31(41,24(26)39)25(40)32-18-10-20(37)46-22(16-7-8-43-11-16)27(18,4)23(45-15(2)35)21(38)33(29,32)49-28(5,47-30)48-32/h7-8,11,17-18,21-25,38-41H,9-10,12-13H2,1-6H3. The molecule has 7 aliphatic rings. The van der Waals surface area contributed by atoms with Gasteiger partial charge in [-0.3, -0.25) is 19.2 Å². The van der Waals surface area contributed by atoms with Crippen LogP contribution in [0.4, 0.5) is 0 Å². The fourth-order valence-corrected chi connectivity index (χ4v) is 12.4. The number of carbonyl (C=O) groups excluding carboxylic acids is 4. The molecule has 15 atom stereocenters. The maximum absolute atomic E-state index is 13.7. The van der Waals surface area contributed by atoms with E-state index in [1.165, 1.54) is 32.6 Å². The van der Waals surface area contributed by atoms with Crippen LogP contribution in [0.25, 0.3) is 0 Å². The van der Waals surface area contributed by atoms with Crippen LogP contribution < -0.4 is 0 Å². The molecule has 4 heterocycles. The summed E-state index contributed by atoms with van der Waals surface area (Å²) >= 11 is 0. The predicted molar refractivity (Wildman–Crippen MR) is 154 cm³/mol. The van der Waals surface area contributed by atoms with E-state index in [2.05, 4.69) is 0 Å². The zero-order chi connectivity index (χ0) is 35.5. The van der Waals surface area contributed by atoms with Crippen molar-refractivity contribution in [3.63, 3.8) is 0 Å². The Hall–Kier alpha value is -3.12. The Bertz CT molecular complexity index is 1660. The van der Waals surface area contributed by atoms with Crippen LogP contribution in [-0.4, -0.2) is 111 Å². The van der Waals surface area contributed by atoms with Gasteiger partial charge in [-0.25, -0.2) is 0 Å². The summed E-state index contributed by atoms with van der Waals surface area (Å²) in [6.07, 6.45) is -7.32. The third kappa shape index (κ3) is 3.15. The Morgan fingerprint density at radius 2 is 1.73 bits per heavy atom. The molecule has 49 heavy (non-hydrogen) atoms. The van der Waals surface area contributed by atoms with E-state index in [0.29, 0.717) is 5.56 Å². The lowest BCUT2D eigenvalue weighted by Crippen LogP contribution is -2.98. The van der Waals surface area contributed by atoms with Crippen molar-refractivity contribution in [3.05, 3.63) is 24.2 Å². The normalized spacial score (nSPS) is 54.2. The number of rotatable bonds is 6. The number of fused-ring (bicyclic) bond motifs is 3. The van der Waals surface area contributed by atoms with Gasteiger partial charge in [-0.2, -0.15) is 0 Å². The van der Waals surface area contributed by atoms with Gasteiger partial charge in [0.25, 0.3) is 5.97 Å². The zero-order valence-corrected chi connectivity index (χ0v) is 27.8. The third-order valence-corrected chi connectivity index (χ3v) is 13.6. The highest BCUT2D eigenvalue weighted by Gasteiger charge is 3.06. The van der Waals surface area contributed by atoms with Gasteiger partial charge in [0.05, 0.1) is 43.0 Å². The van der Waals surface area contributed by atoms with Gasteiger partial charge in [0.1, 0.15) is 53.4 Å². The minimum Gasteiger partial charge on any atom is -0.472 e. The Morgan fingerprint density at radius 3 is 2.35 bits per heavy atom. The molecule has 7 fully saturated rings. The van der Waals surface area contributed by atoms with E-state index in [-0.39, 0.29) is 6.42 Å². The summed E-state index contributed by atoms with van der Waals surface area (Å²) in [6.45, 7) is 6.16. The summed E-state index contributed by atoms with van der Waals surface area (Å²) in [6, 6.07) is 1.53. The summed E-state index contributed by atoms with van der Waals surface area (Å²) in [5.74, 6) is -7.76. The number of hydrogen-bond acceptors (Lipinski definition) is 16.